The number of hydrogen-bond donors (Lipinski definition) is 1. The molecule has 0 saturated carbocycles. The zero-order chi connectivity index (χ0) is 16.9. The summed E-state index contributed by atoms with van der Waals surface area (Å²) in [6, 6.07) is 15.2. The second-order valence-corrected chi connectivity index (χ2v) is 6.57. The van der Waals surface area contributed by atoms with Crippen molar-refractivity contribution in [3.05, 3.63) is 70.8 Å². The second kappa shape index (κ2) is 7.38. The lowest BCUT2D eigenvalue weighted by molar-refractivity contribution is -0.111. The van der Waals surface area contributed by atoms with Crippen LogP contribution in [0, 0.1) is 6.92 Å². The van der Waals surface area contributed by atoms with Gasteiger partial charge in [-0.3, -0.25) is 10.1 Å². The normalized spacial score (nSPS) is 10.9. The van der Waals surface area contributed by atoms with Gasteiger partial charge < -0.3 is 0 Å². The highest BCUT2D eigenvalue weighted by atomic mass is 35.5. The summed E-state index contributed by atoms with van der Waals surface area (Å²) >= 11 is 7.18. The van der Waals surface area contributed by atoms with Gasteiger partial charge in [0.2, 0.25) is 11.0 Å². The standard InChI is InChI=1S/C18H14ClN3OS/c1-12-2-4-13(5-3-12)6-11-16(23)20-18-22-21-17(24-18)14-7-9-15(19)10-8-14/h2-11H,1H3,(H,20,22,23)/b11-6+. The first-order chi connectivity index (χ1) is 11.6. The van der Waals surface area contributed by atoms with Crippen LogP contribution in [0.15, 0.2) is 54.6 Å². The fourth-order valence-corrected chi connectivity index (χ4v) is 2.86. The Morgan fingerprint density at radius 2 is 1.79 bits per heavy atom. The Morgan fingerprint density at radius 1 is 1.08 bits per heavy atom. The van der Waals surface area contributed by atoms with E-state index in [1.165, 1.54) is 23.0 Å². The summed E-state index contributed by atoms with van der Waals surface area (Å²) in [5.74, 6) is -0.241. The number of halogens is 1. The topological polar surface area (TPSA) is 54.9 Å². The minimum absolute atomic E-state index is 0.241. The number of amides is 1. The van der Waals surface area contributed by atoms with Crippen molar-refractivity contribution in [1.82, 2.24) is 10.2 Å². The molecule has 120 valence electrons. The van der Waals surface area contributed by atoms with Crippen molar-refractivity contribution in [1.29, 1.82) is 0 Å². The van der Waals surface area contributed by atoms with Crippen LogP contribution in [0.4, 0.5) is 5.13 Å². The van der Waals surface area contributed by atoms with E-state index >= 15 is 0 Å². The predicted octanol–water partition coefficient (Wildman–Crippen LogP) is 4.82. The van der Waals surface area contributed by atoms with E-state index in [2.05, 4.69) is 15.5 Å². The quantitative estimate of drug-likeness (QED) is 0.683. The van der Waals surface area contributed by atoms with E-state index in [1.807, 2.05) is 43.3 Å². The SMILES string of the molecule is Cc1ccc(/C=C/C(=O)Nc2nnc(-c3ccc(Cl)cc3)s2)cc1. The maximum Gasteiger partial charge on any atom is 0.250 e. The van der Waals surface area contributed by atoms with Gasteiger partial charge in [0.1, 0.15) is 5.01 Å². The number of aryl methyl sites for hydroxylation is 1. The lowest BCUT2D eigenvalue weighted by Gasteiger charge is -1.96. The van der Waals surface area contributed by atoms with E-state index in [4.69, 9.17) is 11.6 Å². The van der Waals surface area contributed by atoms with Gasteiger partial charge in [-0.25, -0.2) is 0 Å². The van der Waals surface area contributed by atoms with Crippen LogP contribution in [0.1, 0.15) is 11.1 Å². The number of benzene rings is 2. The number of carbonyl (C=O) groups is 1. The third-order valence-electron chi connectivity index (χ3n) is 3.25. The zero-order valence-electron chi connectivity index (χ0n) is 12.9. The monoisotopic (exact) mass is 355 g/mol. The maximum atomic E-state index is 12.0. The Labute approximate surface area is 148 Å². The Kier molecular flexibility index (Phi) is 5.03. The number of nitrogens with zero attached hydrogens (tertiary/aromatic N) is 2. The molecule has 1 N–H and O–H groups in total. The van der Waals surface area contributed by atoms with Gasteiger partial charge in [0.05, 0.1) is 0 Å². The van der Waals surface area contributed by atoms with Crippen molar-refractivity contribution in [3.8, 4) is 10.6 Å². The Morgan fingerprint density at radius 3 is 2.50 bits per heavy atom. The molecule has 4 nitrogen and oxygen atoms in total. The molecule has 0 radical (unpaired) electrons. The van der Waals surface area contributed by atoms with Crippen LogP contribution >= 0.6 is 22.9 Å². The first kappa shape index (κ1) is 16.4. The van der Waals surface area contributed by atoms with E-state index in [-0.39, 0.29) is 5.91 Å². The summed E-state index contributed by atoms with van der Waals surface area (Å²) in [7, 11) is 0. The molecule has 0 saturated heterocycles. The molecular weight excluding hydrogens is 342 g/mol. The zero-order valence-corrected chi connectivity index (χ0v) is 14.4. The van der Waals surface area contributed by atoms with Crippen LogP contribution < -0.4 is 5.32 Å². The van der Waals surface area contributed by atoms with Crippen LogP contribution in [-0.4, -0.2) is 16.1 Å². The van der Waals surface area contributed by atoms with Crippen LogP contribution in [0.2, 0.25) is 5.02 Å². The highest BCUT2D eigenvalue weighted by Crippen LogP contribution is 2.27. The smallest absolute Gasteiger partial charge is 0.250 e. The molecule has 0 fully saturated rings. The predicted molar refractivity (Wildman–Crippen MR) is 99.2 cm³/mol. The van der Waals surface area contributed by atoms with Gasteiger partial charge in [-0.15, -0.1) is 10.2 Å². The van der Waals surface area contributed by atoms with Crippen molar-refractivity contribution in [2.75, 3.05) is 5.32 Å². The molecule has 1 heterocycles. The number of nitrogens with one attached hydrogen (secondary N) is 1. The van der Waals surface area contributed by atoms with Crippen LogP contribution in [0.3, 0.4) is 0 Å². The number of carbonyl (C=O) groups excluding carboxylic acids is 1. The number of anilines is 1. The van der Waals surface area contributed by atoms with Gasteiger partial charge in [0.15, 0.2) is 0 Å². The first-order valence-electron chi connectivity index (χ1n) is 7.25. The molecule has 2 aromatic carbocycles. The van der Waals surface area contributed by atoms with E-state index in [0.717, 1.165) is 16.1 Å². The molecule has 1 aromatic heterocycles. The molecule has 0 atom stereocenters. The Hall–Kier alpha value is -2.50. The molecule has 0 unspecified atom stereocenters. The summed E-state index contributed by atoms with van der Waals surface area (Å²) in [6.07, 6.45) is 3.24. The first-order valence-corrected chi connectivity index (χ1v) is 8.45. The average Bonchev–Trinajstić information content (AvgIpc) is 3.03. The van der Waals surface area contributed by atoms with Crippen molar-refractivity contribution >= 4 is 40.1 Å². The van der Waals surface area contributed by atoms with Gasteiger partial charge in [-0.2, -0.15) is 0 Å². The third-order valence-corrected chi connectivity index (χ3v) is 4.39. The van der Waals surface area contributed by atoms with Gasteiger partial charge in [0, 0.05) is 16.7 Å². The van der Waals surface area contributed by atoms with Crippen molar-refractivity contribution in [3.63, 3.8) is 0 Å². The van der Waals surface area contributed by atoms with Crippen molar-refractivity contribution < 1.29 is 4.79 Å². The van der Waals surface area contributed by atoms with Gasteiger partial charge in [-0.1, -0.05) is 64.9 Å². The molecule has 0 spiro atoms. The molecule has 24 heavy (non-hydrogen) atoms. The van der Waals surface area contributed by atoms with Gasteiger partial charge in [0.25, 0.3) is 0 Å². The van der Waals surface area contributed by atoms with Crippen LogP contribution in [-0.2, 0) is 4.79 Å². The molecule has 3 aromatic rings. The molecule has 3 rings (SSSR count). The molecule has 6 heteroatoms. The summed E-state index contributed by atoms with van der Waals surface area (Å²) in [4.78, 5) is 12.0. The molecule has 1 amide bonds. The highest BCUT2D eigenvalue weighted by molar-refractivity contribution is 7.18. The summed E-state index contributed by atoms with van der Waals surface area (Å²) in [5.41, 5.74) is 3.06. The number of hydrogen-bond acceptors (Lipinski definition) is 4. The second-order valence-electron chi connectivity index (χ2n) is 5.15. The van der Waals surface area contributed by atoms with Crippen LogP contribution in [0.5, 0.6) is 0 Å². The largest absolute Gasteiger partial charge is 0.297 e. The lowest BCUT2D eigenvalue weighted by atomic mass is 10.1. The summed E-state index contributed by atoms with van der Waals surface area (Å²) in [6.45, 7) is 2.02. The van der Waals surface area contributed by atoms with E-state index < -0.39 is 0 Å². The number of rotatable bonds is 4. The highest BCUT2D eigenvalue weighted by Gasteiger charge is 2.08. The molecule has 0 bridgehead atoms. The molecule has 0 aliphatic carbocycles. The maximum absolute atomic E-state index is 12.0. The molecule has 0 aliphatic heterocycles. The summed E-state index contributed by atoms with van der Waals surface area (Å²) in [5, 5.41) is 12.6. The van der Waals surface area contributed by atoms with E-state index in [9.17, 15) is 4.79 Å². The van der Waals surface area contributed by atoms with E-state index in [1.54, 1.807) is 18.2 Å². The fraction of sp³-hybridized carbons (Fsp3) is 0.0556. The Balaban J connectivity index is 1.64. The Bertz CT molecular complexity index is 870. The minimum atomic E-state index is -0.241. The van der Waals surface area contributed by atoms with E-state index in [0.29, 0.717) is 10.2 Å². The van der Waals surface area contributed by atoms with Gasteiger partial charge in [-0.05, 0) is 30.7 Å². The number of aromatic nitrogens is 2. The minimum Gasteiger partial charge on any atom is -0.297 e. The average molecular weight is 356 g/mol. The third kappa shape index (κ3) is 4.28. The van der Waals surface area contributed by atoms with Crippen molar-refractivity contribution in [2.45, 2.75) is 6.92 Å². The summed E-state index contributed by atoms with van der Waals surface area (Å²) < 4.78 is 0. The fourth-order valence-electron chi connectivity index (χ4n) is 1.98. The molecular formula is C18H14ClN3OS. The lowest BCUT2D eigenvalue weighted by Crippen LogP contribution is -2.07. The van der Waals surface area contributed by atoms with Gasteiger partial charge >= 0.3 is 0 Å². The molecule has 0 aliphatic rings. The van der Waals surface area contributed by atoms with Crippen molar-refractivity contribution in [2.24, 2.45) is 0 Å². The van der Waals surface area contributed by atoms with Crippen LogP contribution in [0.25, 0.3) is 16.6 Å².